The van der Waals surface area contributed by atoms with Gasteiger partial charge in [-0.25, -0.2) is 4.39 Å². The van der Waals surface area contributed by atoms with Gasteiger partial charge in [-0.15, -0.1) is 0 Å². The maximum atomic E-state index is 13.9. The second-order valence-electron chi connectivity index (χ2n) is 9.33. The molecule has 2 heterocycles. The summed E-state index contributed by atoms with van der Waals surface area (Å²) in [6.45, 7) is 0.385. The van der Waals surface area contributed by atoms with E-state index in [1.54, 1.807) is 23.2 Å². The number of aliphatic hydroxyl groups is 1. The molecule has 0 aliphatic carbocycles. The normalized spacial score (nSPS) is 12.8. The van der Waals surface area contributed by atoms with Gasteiger partial charge in [0.05, 0.1) is 12.2 Å². The molecule has 0 spiro atoms. The van der Waals surface area contributed by atoms with Gasteiger partial charge in [-0.05, 0) is 46.0 Å². The van der Waals surface area contributed by atoms with Gasteiger partial charge in [0.15, 0.2) is 5.75 Å². The van der Waals surface area contributed by atoms with Crippen molar-refractivity contribution < 1.29 is 19.0 Å². The first kappa shape index (κ1) is 23.8. The summed E-state index contributed by atoms with van der Waals surface area (Å²) in [5.41, 5.74) is 5.04. The summed E-state index contributed by atoms with van der Waals surface area (Å²) in [5, 5.41) is 11.1. The number of fused-ring (bicyclic) bond motifs is 2. The molecule has 6 heteroatoms. The lowest BCUT2D eigenvalue weighted by Crippen LogP contribution is -2.23. The molecule has 0 unspecified atom stereocenters. The molecule has 4 aromatic carbocycles. The molecule has 0 fully saturated rings. The number of carbonyl (C=O) groups is 1. The highest BCUT2D eigenvalue weighted by Crippen LogP contribution is 2.43. The van der Waals surface area contributed by atoms with Crippen LogP contribution in [0.2, 0.25) is 0 Å². The number of pyridine rings is 1. The highest BCUT2D eigenvalue weighted by molar-refractivity contribution is 6.07. The van der Waals surface area contributed by atoms with Crippen LogP contribution in [0.4, 0.5) is 4.39 Å². The van der Waals surface area contributed by atoms with Gasteiger partial charge in [0.1, 0.15) is 17.4 Å². The molecule has 0 bridgehead atoms. The van der Waals surface area contributed by atoms with Crippen molar-refractivity contribution in [1.82, 2.24) is 9.88 Å². The lowest BCUT2D eigenvalue weighted by molar-refractivity contribution is 0.0762. The Kier molecular flexibility index (Phi) is 6.32. The van der Waals surface area contributed by atoms with Gasteiger partial charge in [0, 0.05) is 24.7 Å². The average molecular weight is 505 g/mol. The number of rotatable bonds is 7. The Morgan fingerprint density at radius 3 is 2.18 bits per heavy atom. The van der Waals surface area contributed by atoms with E-state index >= 15 is 0 Å². The molecule has 5 aromatic rings. The number of hydrogen-bond acceptors (Lipinski definition) is 4. The van der Waals surface area contributed by atoms with Gasteiger partial charge in [0.25, 0.3) is 5.91 Å². The largest absolute Gasteiger partial charge is 0.478 e. The zero-order chi connectivity index (χ0) is 26.1. The van der Waals surface area contributed by atoms with E-state index in [9.17, 15) is 14.3 Å². The predicted molar refractivity (Wildman–Crippen MR) is 143 cm³/mol. The number of ether oxygens (including phenoxy) is 1. The predicted octanol–water partition coefficient (Wildman–Crippen LogP) is 6.19. The first-order valence-electron chi connectivity index (χ1n) is 12.5. The van der Waals surface area contributed by atoms with E-state index in [-0.39, 0.29) is 18.3 Å². The molecule has 0 saturated heterocycles. The molecule has 5 nitrogen and oxygen atoms in total. The van der Waals surface area contributed by atoms with Gasteiger partial charge in [-0.3, -0.25) is 9.78 Å². The fraction of sp³-hybridized carbons (Fsp3) is 0.125. The number of aliphatic hydroxyl groups excluding tert-OH is 1. The number of carbonyl (C=O) groups excluding carboxylic acids is 1. The second-order valence-corrected chi connectivity index (χ2v) is 9.33. The molecule has 0 atom stereocenters. The van der Waals surface area contributed by atoms with E-state index in [2.05, 4.69) is 4.98 Å². The minimum atomic E-state index is -0.481. The topological polar surface area (TPSA) is 62.7 Å². The van der Waals surface area contributed by atoms with Crippen molar-refractivity contribution in [1.29, 1.82) is 0 Å². The quantitative estimate of drug-likeness (QED) is 0.287. The van der Waals surface area contributed by atoms with Crippen LogP contribution >= 0.6 is 0 Å². The number of hydrogen-bond donors (Lipinski definition) is 1. The molecule has 0 radical (unpaired) electrons. The van der Waals surface area contributed by atoms with E-state index in [1.165, 1.54) is 12.1 Å². The summed E-state index contributed by atoms with van der Waals surface area (Å²) in [6.07, 6.45) is 1.18. The second kappa shape index (κ2) is 10.1. The van der Waals surface area contributed by atoms with E-state index in [0.29, 0.717) is 35.5 Å². The molecule has 38 heavy (non-hydrogen) atoms. The molecule has 1 aromatic heterocycles. The van der Waals surface area contributed by atoms with E-state index in [4.69, 9.17) is 4.74 Å². The monoisotopic (exact) mass is 504 g/mol. The number of halogens is 1. The number of aromatic nitrogens is 1. The van der Waals surface area contributed by atoms with Crippen molar-refractivity contribution >= 4 is 16.8 Å². The summed E-state index contributed by atoms with van der Waals surface area (Å²) in [6, 6.07) is 29.6. The summed E-state index contributed by atoms with van der Waals surface area (Å²) in [4.78, 5) is 20.2. The van der Waals surface area contributed by atoms with Crippen molar-refractivity contribution in [3.05, 3.63) is 142 Å². The molecular weight excluding hydrogens is 479 g/mol. The summed E-state index contributed by atoms with van der Waals surface area (Å²) in [7, 11) is 0. The van der Waals surface area contributed by atoms with E-state index in [0.717, 1.165) is 27.6 Å². The van der Waals surface area contributed by atoms with Crippen LogP contribution in [-0.2, 0) is 19.7 Å². The maximum Gasteiger partial charge on any atom is 0.258 e. The number of nitrogens with zero attached hydrogens (tertiary/aromatic N) is 2. The van der Waals surface area contributed by atoms with E-state index < -0.39 is 6.10 Å². The van der Waals surface area contributed by atoms with Crippen LogP contribution in [0.3, 0.4) is 0 Å². The average Bonchev–Trinajstić information content (AvgIpc) is 3.28. The molecule has 6 rings (SSSR count). The molecule has 1 amide bonds. The van der Waals surface area contributed by atoms with Crippen LogP contribution in [0.5, 0.6) is 5.75 Å². The Morgan fingerprint density at radius 1 is 0.895 bits per heavy atom. The standard InChI is InChI=1S/C32H25FN2O3/c33-24-15-13-21(14-16-24)18-35-19-26-27(20-36)25-12-7-17-34-29(25)31(28(26)32(35)37)38-30(22-8-3-1-4-9-22)23-10-5-2-6-11-23/h1-17,30,36H,18-20H2. The van der Waals surface area contributed by atoms with Crippen LogP contribution in [0.1, 0.15) is 44.3 Å². The number of amides is 1. The zero-order valence-corrected chi connectivity index (χ0v) is 20.5. The molecular formula is C32H25FN2O3. The SMILES string of the molecule is O=C1c2c(c(CO)c3cccnc3c2OC(c2ccccc2)c2ccccc2)CN1Cc1ccc(F)cc1. The van der Waals surface area contributed by atoms with Gasteiger partial charge < -0.3 is 14.7 Å². The molecule has 0 saturated carbocycles. The molecule has 1 N–H and O–H groups in total. The lowest BCUT2D eigenvalue weighted by atomic mass is 9.96. The smallest absolute Gasteiger partial charge is 0.258 e. The fourth-order valence-corrected chi connectivity index (χ4v) is 5.16. The Balaban J connectivity index is 1.50. The van der Waals surface area contributed by atoms with Gasteiger partial charge in [-0.2, -0.15) is 0 Å². The Bertz CT molecular complexity index is 1570. The third kappa shape index (κ3) is 4.29. The van der Waals surface area contributed by atoms with E-state index in [1.807, 2.05) is 72.8 Å². The lowest BCUT2D eigenvalue weighted by Gasteiger charge is -2.23. The molecule has 188 valence electrons. The third-order valence-corrected chi connectivity index (χ3v) is 6.98. The van der Waals surface area contributed by atoms with Crippen molar-refractivity contribution in [2.75, 3.05) is 0 Å². The third-order valence-electron chi connectivity index (χ3n) is 6.98. The zero-order valence-electron chi connectivity index (χ0n) is 20.5. The minimum Gasteiger partial charge on any atom is -0.478 e. The highest BCUT2D eigenvalue weighted by atomic mass is 19.1. The Hall–Kier alpha value is -4.55. The summed E-state index contributed by atoms with van der Waals surface area (Å²) >= 11 is 0. The Labute approximate surface area is 219 Å². The van der Waals surface area contributed by atoms with Gasteiger partial charge in [-0.1, -0.05) is 78.9 Å². The van der Waals surface area contributed by atoms with Crippen LogP contribution in [-0.4, -0.2) is 20.9 Å². The molecule has 1 aliphatic rings. The molecule has 1 aliphatic heterocycles. The maximum absolute atomic E-state index is 13.9. The van der Waals surface area contributed by atoms with Crippen molar-refractivity contribution in [2.24, 2.45) is 0 Å². The van der Waals surface area contributed by atoms with Crippen LogP contribution in [0, 0.1) is 5.82 Å². The van der Waals surface area contributed by atoms with Gasteiger partial charge >= 0.3 is 0 Å². The van der Waals surface area contributed by atoms with Crippen molar-refractivity contribution in [2.45, 2.75) is 25.8 Å². The highest BCUT2D eigenvalue weighted by Gasteiger charge is 2.36. The van der Waals surface area contributed by atoms with Crippen molar-refractivity contribution in [3.8, 4) is 5.75 Å². The summed E-state index contributed by atoms with van der Waals surface area (Å²) in [5.74, 6) is -0.133. The van der Waals surface area contributed by atoms with Crippen molar-refractivity contribution in [3.63, 3.8) is 0 Å². The van der Waals surface area contributed by atoms with Crippen LogP contribution in [0.25, 0.3) is 10.9 Å². The first-order chi connectivity index (χ1) is 18.6. The minimum absolute atomic E-state index is 0.207. The summed E-state index contributed by atoms with van der Waals surface area (Å²) < 4.78 is 20.3. The van der Waals surface area contributed by atoms with Crippen LogP contribution in [0.15, 0.2) is 103 Å². The van der Waals surface area contributed by atoms with Gasteiger partial charge in [0.2, 0.25) is 0 Å². The number of benzene rings is 4. The first-order valence-corrected chi connectivity index (χ1v) is 12.5. The fourth-order valence-electron chi connectivity index (χ4n) is 5.16. The Morgan fingerprint density at radius 2 is 1.55 bits per heavy atom. The van der Waals surface area contributed by atoms with Crippen LogP contribution < -0.4 is 4.74 Å².